The minimum atomic E-state index is -0.383. The molecular weight excluding hydrogens is 338 g/mol. The number of piperazine rings is 1. The van der Waals surface area contributed by atoms with Crippen molar-refractivity contribution in [1.29, 1.82) is 0 Å². The average molecular weight is 362 g/mol. The summed E-state index contributed by atoms with van der Waals surface area (Å²) in [7, 11) is 2.06. The lowest BCUT2D eigenvalue weighted by Gasteiger charge is -2.34. The molecule has 0 N–H and O–H groups in total. The first-order chi connectivity index (χ1) is 11.6. The van der Waals surface area contributed by atoms with E-state index in [9.17, 15) is 9.59 Å². The van der Waals surface area contributed by atoms with Crippen LogP contribution in [0.5, 0.6) is 0 Å². The monoisotopic (exact) mass is 361 g/mol. The first-order valence-corrected chi connectivity index (χ1v) is 8.32. The van der Waals surface area contributed by atoms with Gasteiger partial charge < -0.3 is 14.4 Å². The molecule has 3 rings (SSSR count). The van der Waals surface area contributed by atoms with Crippen molar-refractivity contribution >= 4 is 24.1 Å². The molecule has 0 radical (unpaired) electrons. The largest absolute Gasteiger partial charge is 0.338 e. The summed E-state index contributed by atoms with van der Waals surface area (Å²) in [6, 6.07) is 12.4. The second-order valence-electron chi connectivity index (χ2n) is 6.30. The zero-order chi connectivity index (χ0) is 17.1. The Balaban J connectivity index is 0.00000225. The lowest BCUT2D eigenvalue weighted by atomic mass is 10.1. The molecule has 1 aromatic heterocycles. The highest BCUT2D eigenvalue weighted by atomic mass is 35.5. The molecular formula is C19H24ClN3O2. The summed E-state index contributed by atoms with van der Waals surface area (Å²) in [5.74, 6) is 0.0139. The first-order valence-electron chi connectivity index (χ1n) is 8.32. The molecule has 25 heavy (non-hydrogen) atoms. The summed E-state index contributed by atoms with van der Waals surface area (Å²) in [5.41, 5.74) is 1.19. The summed E-state index contributed by atoms with van der Waals surface area (Å²) in [5, 5.41) is 0. The van der Waals surface area contributed by atoms with Crippen molar-refractivity contribution in [2.45, 2.75) is 13.0 Å². The Kier molecular flexibility index (Phi) is 6.39. The van der Waals surface area contributed by atoms with E-state index in [1.807, 2.05) is 42.3 Å². The highest BCUT2D eigenvalue weighted by molar-refractivity contribution is 6.08. The molecule has 0 spiro atoms. The Bertz CT molecular complexity index is 721. The topological polar surface area (TPSA) is 45.6 Å². The van der Waals surface area contributed by atoms with Gasteiger partial charge in [-0.25, -0.2) is 0 Å². The molecule has 2 heterocycles. The van der Waals surface area contributed by atoms with Crippen LogP contribution in [-0.2, 0) is 4.79 Å². The fourth-order valence-electron chi connectivity index (χ4n) is 3.07. The van der Waals surface area contributed by atoms with Crippen molar-refractivity contribution in [2.24, 2.45) is 0 Å². The number of hydrogen-bond donors (Lipinski definition) is 0. The van der Waals surface area contributed by atoms with Crippen LogP contribution < -0.4 is 0 Å². The van der Waals surface area contributed by atoms with E-state index in [4.69, 9.17) is 0 Å². The van der Waals surface area contributed by atoms with Gasteiger partial charge in [0.25, 0.3) is 0 Å². The maximum atomic E-state index is 12.8. The predicted molar refractivity (Wildman–Crippen MR) is 100 cm³/mol. The van der Waals surface area contributed by atoms with Crippen molar-refractivity contribution in [2.75, 3.05) is 33.2 Å². The van der Waals surface area contributed by atoms with Crippen molar-refractivity contribution in [3.8, 4) is 0 Å². The van der Waals surface area contributed by atoms with Crippen molar-refractivity contribution in [3.63, 3.8) is 0 Å². The molecule has 2 aromatic rings. The van der Waals surface area contributed by atoms with Gasteiger partial charge in [-0.3, -0.25) is 9.59 Å². The molecule has 1 saturated heterocycles. The highest BCUT2D eigenvalue weighted by Gasteiger charge is 2.26. The number of carbonyl (C=O) groups is 2. The summed E-state index contributed by atoms with van der Waals surface area (Å²) in [4.78, 5) is 29.6. The summed E-state index contributed by atoms with van der Waals surface area (Å²) in [6.45, 7) is 5.12. The van der Waals surface area contributed by atoms with E-state index in [0.717, 1.165) is 26.2 Å². The molecule has 1 aliphatic heterocycles. The predicted octanol–water partition coefficient (Wildman–Crippen LogP) is 2.48. The van der Waals surface area contributed by atoms with E-state index in [-0.39, 0.29) is 30.1 Å². The van der Waals surface area contributed by atoms with Crippen LogP contribution in [0.3, 0.4) is 0 Å². The van der Waals surface area contributed by atoms with Gasteiger partial charge >= 0.3 is 0 Å². The smallest absolute Gasteiger partial charge is 0.245 e. The van der Waals surface area contributed by atoms with Gasteiger partial charge in [0.2, 0.25) is 11.7 Å². The molecule has 0 aliphatic carbocycles. The lowest BCUT2D eigenvalue weighted by Crippen LogP contribution is -2.49. The summed E-state index contributed by atoms with van der Waals surface area (Å²) in [6.07, 6.45) is 1.81. The lowest BCUT2D eigenvalue weighted by molar-refractivity contribution is -0.135. The average Bonchev–Trinajstić information content (AvgIpc) is 3.11. The molecule has 6 heteroatoms. The molecule has 5 nitrogen and oxygen atoms in total. The number of carbonyl (C=O) groups excluding carboxylic acids is 2. The van der Waals surface area contributed by atoms with E-state index < -0.39 is 0 Å². The standard InChI is InChI=1S/C19H23N3O2.ClH/c1-15(19(24)21-13-11-20(2)12-14-21)22-10-6-9-17(22)18(23)16-7-4-3-5-8-16;/h3-10,15H,11-14H2,1-2H3;1H. The van der Waals surface area contributed by atoms with Crippen LogP contribution in [0.15, 0.2) is 48.7 Å². The number of likely N-dealkylation sites (N-methyl/N-ethyl adjacent to an activating group) is 1. The quantitative estimate of drug-likeness (QED) is 0.786. The third kappa shape index (κ3) is 4.11. The Morgan fingerprint density at radius 2 is 1.60 bits per heavy atom. The molecule has 1 fully saturated rings. The fraction of sp³-hybridized carbons (Fsp3) is 0.368. The molecule has 1 atom stereocenters. The number of nitrogens with zero attached hydrogens (tertiary/aromatic N) is 3. The van der Waals surface area contributed by atoms with Crippen LogP contribution in [0.1, 0.15) is 29.0 Å². The van der Waals surface area contributed by atoms with Gasteiger partial charge in [0.05, 0.1) is 5.69 Å². The zero-order valence-corrected chi connectivity index (χ0v) is 15.4. The first kappa shape index (κ1) is 19.2. The maximum Gasteiger partial charge on any atom is 0.245 e. The van der Waals surface area contributed by atoms with Crippen LogP contribution in [0, 0.1) is 0 Å². The second-order valence-corrected chi connectivity index (χ2v) is 6.30. The molecule has 1 unspecified atom stereocenters. The summed E-state index contributed by atoms with van der Waals surface area (Å²) >= 11 is 0. The number of ketones is 1. The number of rotatable bonds is 4. The van der Waals surface area contributed by atoms with Crippen LogP contribution in [-0.4, -0.2) is 59.3 Å². The van der Waals surface area contributed by atoms with Gasteiger partial charge in [-0.15, -0.1) is 12.4 Å². The number of amides is 1. The number of halogens is 1. The molecule has 134 valence electrons. The third-order valence-electron chi connectivity index (χ3n) is 4.64. The van der Waals surface area contributed by atoms with Gasteiger partial charge in [0.15, 0.2) is 0 Å². The SMILES string of the molecule is CC(C(=O)N1CCN(C)CC1)n1cccc1C(=O)c1ccccc1.Cl. The molecule has 1 amide bonds. The number of benzene rings is 1. The van der Waals surface area contributed by atoms with Crippen molar-refractivity contribution in [3.05, 3.63) is 59.9 Å². The van der Waals surface area contributed by atoms with E-state index in [0.29, 0.717) is 11.3 Å². The number of hydrogen-bond acceptors (Lipinski definition) is 3. The van der Waals surface area contributed by atoms with E-state index in [1.165, 1.54) is 0 Å². The van der Waals surface area contributed by atoms with Gasteiger partial charge in [-0.2, -0.15) is 0 Å². The Morgan fingerprint density at radius 3 is 2.24 bits per heavy atom. The zero-order valence-electron chi connectivity index (χ0n) is 14.6. The molecule has 0 saturated carbocycles. The third-order valence-corrected chi connectivity index (χ3v) is 4.64. The molecule has 1 aromatic carbocycles. The van der Waals surface area contributed by atoms with E-state index in [1.54, 1.807) is 22.8 Å². The minimum absolute atomic E-state index is 0. The van der Waals surface area contributed by atoms with Crippen LogP contribution >= 0.6 is 12.4 Å². The van der Waals surface area contributed by atoms with Gasteiger partial charge in [0.1, 0.15) is 6.04 Å². The van der Waals surface area contributed by atoms with Gasteiger partial charge in [0, 0.05) is 37.9 Å². The number of aromatic nitrogens is 1. The molecule has 1 aliphatic rings. The fourth-order valence-corrected chi connectivity index (χ4v) is 3.07. The van der Waals surface area contributed by atoms with E-state index in [2.05, 4.69) is 11.9 Å². The Hall–Kier alpha value is -2.11. The normalized spacial score (nSPS) is 16.2. The maximum absolute atomic E-state index is 12.8. The van der Waals surface area contributed by atoms with E-state index >= 15 is 0 Å². The van der Waals surface area contributed by atoms with Gasteiger partial charge in [-0.05, 0) is 26.1 Å². The van der Waals surface area contributed by atoms with Gasteiger partial charge in [-0.1, -0.05) is 30.3 Å². The Labute approximate surface area is 154 Å². The minimum Gasteiger partial charge on any atom is -0.338 e. The Morgan fingerprint density at radius 1 is 0.960 bits per heavy atom. The summed E-state index contributed by atoms with van der Waals surface area (Å²) < 4.78 is 1.79. The van der Waals surface area contributed by atoms with Crippen LogP contribution in [0.2, 0.25) is 0 Å². The van der Waals surface area contributed by atoms with Crippen molar-refractivity contribution in [1.82, 2.24) is 14.4 Å². The highest BCUT2D eigenvalue weighted by Crippen LogP contribution is 2.18. The van der Waals surface area contributed by atoms with Crippen LogP contribution in [0.4, 0.5) is 0 Å². The second kappa shape index (κ2) is 8.32. The molecule has 0 bridgehead atoms. The van der Waals surface area contributed by atoms with Crippen molar-refractivity contribution < 1.29 is 9.59 Å². The van der Waals surface area contributed by atoms with Crippen LogP contribution in [0.25, 0.3) is 0 Å².